The van der Waals surface area contributed by atoms with Gasteiger partial charge in [0.05, 0.1) is 19.9 Å². The van der Waals surface area contributed by atoms with Crippen LogP contribution >= 0.6 is 0 Å². The summed E-state index contributed by atoms with van der Waals surface area (Å²) in [7, 11) is -4.64. The van der Waals surface area contributed by atoms with E-state index in [-0.39, 0.29) is 5.60 Å². The van der Waals surface area contributed by atoms with E-state index in [1.807, 2.05) is 0 Å². The fourth-order valence-corrected chi connectivity index (χ4v) is 6.46. The molecule has 0 aromatic carbocycles. The predicted molar refractivity (Wildman–Crippen MR) is 74.5 cm³/mol. The van der Waals surface area contributed by atoms with Crippen LogP contribution in [0.1, 0.15) is 39.0 Å². The highest BCUT2D eigenvalue weighted by Crippen LogP contribution is 2.61. The summed E-state index contributed by atoms with van der Waals surface area (Å²) >= 11 is 0. The molecule has 1 rings (SSSR count). The van der Waals surface area contributed by atoms with Crippen molar-refractivity contribution in [2.75, 3.05) is 6.26 Å². The topological polar surface area (TPSA) is 43.4 Å². The fraction of sp³-hybridized carbons (Fsp3) is 1.00. The number of rotatable bonds is 7. The van der Waals surface area contributed by atoms with Crippen molar-refractivity contribution in [1.82, 2.24) is 0 Å². The molecule has 0 aliphatic heterocycles. The Hall–Kier alpha value is 0.127. The van der Waals surface area contributed by atoms with Gasteiger partial charge in [0, 0.05) is 0 Å². The number of hydrogen-bond donors (Lipinski definition) is 0. The van der Waals surface area contributed by atoms with Crippen LogP contribution in [0.3, 0.4) is 0 Å². The Morgan fingerprint density at radius 3 is 2.24 bits per heavy atom. The van der Waals surface area contributed by atoms with Gasteiger partial charge in [0.25, 0.3) is 10.1 Å². The molecule has 0 bridgehead atoms. The summed E-state index contributed by atoms with van der Waals surface area (Å²) in [6.45, 7) is 9.05. The van der Waals surface area contributed by atoms with Gasteiger partial charge in [0.1, 0.15) is 0 Å². The van der Waals surface area contributed by atoms with Crippen LogP contribution in [-0.4, -0.2) is 28.3 Å². The molecule has 1 aliphatic carbocycles. The van der Waals surface area contributed by atoms with Gasteiger partial charge < -0.3 is 0 Å². The molecule has 0 spiro atoms. The molecule has 5 heteroatoms. The third kappa shape index (κ3) is 4.37. The average Bonchev–Trinajstić information content (AvgIpc) is 2.76. The zero-order valence-electron chi connectivity index (χ0n) is 11.7. The first kappa shape index (κ1) is 15.2. The summed E-state index contributed by atoms with van der Waals surface area (Å²) < 4.78 is 28.2. The third-order valence-corrected chi connectivity index (χ3v) is 7.05. The summed E-state index contributed by atoms with van der Waals surface area (Å²) in [6, 6.07) is 0. The molecule has 1 fully saturated rings. The summed E-state index contributed by atoms with van der Waals surface area (Å²) in [5.41, 5.74) is 0.161. The quantitative estimate of drug-likeness (QED) is 0.407. The maximum atomic E-state index is 11.4. The molecule has 2 atom stereocenters. The van der Waals surface area contributed by atoms with Crippen molar-refractivity contribution in [3.63, 3.8) is 0 Å². The summed E-state index contributed by atoms with van der Waals surface area (Å²) in [6.07, 6.45) is 6.42. The Kier molecular flexibility index (Phi) is 4.48. The van der Waals surface area contributed by atoms with E-state index >= 15 is 0 Å². The maximum absolute atomic E-state index is 11.4. The Morgan fingerprint density at radius 1 is 1.29 bits per heavy atom. The lowest BCUT2D eigenvalue weighted by molar-refractivity contribution is 0.173. The first-order valence-electron chi connectivity index (χ1n) is 6.51. The average molecular weight is 278 g/mol. The Bertz CT molecular complexity index is 358. The monoisotopic (exact) mass is 278 g/mol. The molecule has 0 amide bonds. The van der Waals surface area contributed by atoms with Gasteiger partial charge in [-0.1, -0.05) is 45.8 Å². The van der Waals surface area contributed by atoms with Crippen molar-refractivity contribution in [1.29, 1.82) is 0 Å². The largest absolute Gasteiger partial charge is 0.264 e. The van der Waals surface area contributed by atoms with E-state index in [9.17, 15) is 8.42 Å². The SMILES string of the molecule is CCCCCC1(OS(C)(=O)=O)CC1[Si](C)(C)C. The second-order valence-corrected chi connectivity index (χ2v) is 13.4. The van der Waals surface area contributed by atoms with Crippen LogP contribution in [0.2, 0.25) is 25.2 Å². The predicted octanol–water partition coefficient (Wildman–Crippen LogP) is 3.39. The highest BCUT2D eigenvalue weighted by atomic mass is 32.2. The van der Waals surface area contributed by atoms with Crippen molar-refractivity contribution in [2.45, 2.75) is 69.8 Å². The van der Waals surface area contributed by atoms with Crippen LogP contribution in [0.15, 0.2) is 0 Å². The van der Waals surface area contributed by atoms with Gasteiger partial charge in [0.2, 0.25) is 0 Å². The van der Waals surface area contributed by atoms with Gasteiger partial charge in [-0.15, -0.1) is 0 Å². The van der Waals surface area contributed by atoms with E-state index in [2.05, 4.69) is 26.6 Å². The summed E-state index contributed by atoms with van der Waals surface area (Å²) in [4.78, 5) is 0. The van der Waals surface area contributed by atoms with Crippen molar-refractivity contribution >= 4 is 18.2 Å². The van der Waals surface area contributed by atoms with Gasteiger partial charge >= 0.3 is 0 Å². The van der Waals surface area contributed by atoms with Crippen molar-refractivity contribution in [3.05, 3.63) is 0 Å². The van der Waals surface area contributed by atoms with Crippen molar-refractivity contribution < 1.29 is 12.6 Å². The molecule has 0 N–H and O–H groups in total. The minimum atomic E-state index is -3.33. The van der Waals surface area contributed by atoms with E-state index in [1.54, 1.807) is 0 Å². The summed E-state index contributed by atoms with van der Waals surface area (Å²) in [5.74, 6) is 0. The van der Waals surface area contributed by atoms with Crippen LogP contribution < -0.4 is 0 Å². The van der Waals surface area contributed by atoms with Crippen LogP contribution in [0, 0.1) is 0 Å². The Balaban J connectivity index is 2.69. The molecule has 0 saturated heterocycles. The van der Waals surface area contributed by atoms with E-state index < -0.39 is 18.2 Å². The molecule has 1 aliphatic rings. The van der Waals surface area contributed by atoms with Crippen LogP contribution in [0.25, 0.3) is 0 Å². The molecule has 102 valence electrons. The zero-order chi connectivity index (χ0) is 13.3. The fourth-order valence-electron chi connectivity index (χ4n) is 2.77. The lowest BCUT2D eigenvalue weighted by atomic mass is 10.1. The molecular formula is C12H26O3SSi. The third-order valence-electron chi connectivity index (χ3n) is 3.59. The van der Waals surface area contributed by atoms with Crippen molar-refractivity contribution in [2.24, 2.45) is 0 Å². The smallest absolute Gasteiger partial charge is 0.264 e. The molecule has 0 radical (unpaired) electrons. The number of unbranched alkanes of at least 4 members (excludes halogenated alkanes) is 2. The normalized spacial score (nSPS) is 29.4. The molecular weight excluding hydrogens is 252 g/mol. The van der Waals surface area contributed by atoms with Gasteiger partial charge in [-0.05, 0) is 18.4 Å². The second kappa shape index (κ2) is 5.01. The van der Waals surface area contributed by atoms with Gasteiger partial charge in [-0.3, -0.25) is 4.18 Å². The van der Waals surface area contributed by atoms with E-state index in [1.165, 1.54) is 6.26 Å². The van der Waals surface area contributed by atoms with Crippen LogP contribution in [0.5, 0.6) is 0 Å². The minimum Gasteiger partial charge on any atom is -0.264 e. The second-order valence-electron chi connectivity index (χ2n) is 6.43. The number of hydrogen-bond acceptors (Lipinski definition) is 3. The van der Waals surface area contributed by atoms with Gasteiger partial charge in [-0.2, -0.15) is 8.42 Å². The Morgan fingerprint density at radius 2 is 1.88 bits per heavy atom. The highest BCUT2D eigenvalue weighted by Gasteiger charge is 2.61. The molecule has 0 aromatic rings. The molecule has 2 unspecified atom stereocenters. The Labute approximate surface area is 107 Å². The highest BCUT2D eigenvalue weighted by molar-refractivity contribution is 7.86. The maximum Gasteiger partial charge on any atom is 0.264 e. The lowest BCUT2D eigenvalue weighted by Crippen LogP contribution is -2.30. The molecule has 0 aromatic heterocycles. The van der Waals surface area contributed by atoms with Crippen molar-refractivity contribution in [3.8, 4) is 0 Å². The van der Waals surface area contributed by atoms with E-state index in [4.69, 9.17) is 4.18 Å². The van der Waals surface area contributed by atoms with E-state index in [0.29, 0.717) is 5.54 Å². The molecule has 1 saturated carbocycles. The minimum absolute atomic E-state index is 0.340. The molecule has 3 nitrogen and oxygen atoms in total. The molecule has 0 heterocycles. The van der Waals surface area contributed by atoms with E-state index in [0.717, 1.165) is 32.1 Å². The van der Waals surface area contributed by atoms with Crippen LogP contribution in [0.4, 0.5) is 0 Å². The first-order valence-corrected chi connectivity index (χ1v) is 11.9. The van der Waals surface area contributed by atoms with Gasteiger partial charge in [0.15, 0.2) is 0 Å². The lowest BCUT2D eigenvalue weighted by Gasteiger charge is -2.23. The zero-order valence-corrected chi connectivity index (χ0v) is 13.6. The molecule has 17 heavy (non-hydrogen) atoms. The standard InChI is InChI=1S/C12H26O3SSi/c1-6-7-8-9-12(15-16(2,13)14)10-11(12)17(3,4)5/h11H,6-10H2,1-5H3. The summed E-state index contributed by atoms with van der Waals surface area (Å²) in [5, 5.41) is 0. The van der Waals surface area contributed by atoms with Crippen LogP contribution in [-0.2, 0) is 14.3 Å². The first-order chi connectivity index (χ1) is 7.61. The van der Waals surface area contributed by atoms with Gasteiger partial charge in [-0.25, -0.2) is 0 Å².